The summed E-state index contributed by atoms with van der Waals surface area (Å²) < 4.78 is 43.9. The second-order valence-electron chi connectivity index (χ2n) is 13.2. The van der Waals surface area contributed by atoms with Crippen LogP contribution in [-0.4, -0.2) is 27.5 Å². The predicted octanol–water partition coefficient (Wildman–Crippen LogP) is 7.01. The third kappa shape index (κ3) is 4.39. The van der Waals surface area contributed by atoms with Crippen LogP contribution in [0.1, 0.15) is 96.6 Å². The van der Waals surface area contributed by atoms with Crippen molar-refractivity contribution in [3.05, 3.63) is 46.8 Å². The number of halogens is 3. The summed E-state index contributed by atoms with van der Waals surface area (Å²) in [5, 5.41) is 31.4. The van der Waals surface area contributed by atoms with E-state index in [1.54, 1.807) is 0 Å². The lowest BCUT2D eigenvalue weighted by Gasteiger charge is -2.59. The molecule has 0 saturated heterocycles. The van der Waals surface area contributed by atoms with Crippen LogP contribution in [0.15, 0.2) is 29.6 Å². The fraction of sp³-hybridized carbons (Fsp3) is 0.742. The lowest BCUT2D eigenvalue weighted by atomic mass is 9.47. The Morgan fingerprint density at radius 3 is 2.27 bits per heavy atom. The van der Waals surface area contributed by atoms with E-state index in [-0.39, 0.29) is 46.4 Å². The summed E-state index contributed by atoms with van der Waals surface area (Å²) >= 11 is 0. The van der Waals surface area contributed by atoms with Gasteiger partial charge in [-0.3, -0.25) is 0 Å². The first-order valence-electron chi connectivity index (χ1n) is 14.4. The SMILES string of the molecule is C[C@H](CCCC(O)c1c(F)cccc1F)[C@H]1CC[C@H]2C3=C(F)C[C@H]4[C@@H](O)[C@@H](O)CC[C@]4(C)[C@H]3CC[C@]12C. The van der Waals surface area contributed by atoms with Gasteiger partial charge in [0.15, 0.2) is 0 Å². The third-order valence-corrected chi connectivity index (χ3v) is 11.4. The average Bonchev–Trinajstić information content (AvgIpc) is 3.20. The summed E-state index contributed by atoms with van der Waals surface area (Å²) in [6.07, 6.45) is 4.65. The van der Waals surface area contributed by atoms with Gasteiger partial charge in [0, 0.05) is 6.42 Å². The first-order chi connectivity index (χ1) is 17.5. The number of fused-ring (bicyclic) bond motifs is 5. The molecular weight excluding hydrogens is 477 g/mol. The van der Waals surface area contributed by atoms with E-state index in [9.17, 15) is 24.1 Å². The zero-order valence-corrected chi connectivity index (χ0v) is 22.4. The second kappa shape index (κ2) is 9.98. The van der Waals surface area contributed by atoms with Crippen molar-refractivity contribution in [2.75, 3.05) is 0 Å². The molecule has 0 bridgehead atoms. The molecule has 0 aliphatic heterocycles. The minimum atomic E-state index is -1.16. The van der Waals surface area contributed by atoms with Gasteiger partial charge in [0.05, 0.1) is 23.9 Å². The maximum absolute atomic E-state index is 15.8. The van der Waals surface area contributed by atoms with Gasteiger partial charge in [0.25, 0.3) is 0 Å². The molecule has 3 nitrogen and oxygen atoms in total. The normalized spacial score (nSPS) is 41.1. The molecule has 0 heterocycles. The Morgan fingerprint density at radius 2 is 1.57 bits per heavy atom. The molecule has 4 aliphatic rings. The molecule has 5 rings (SSSR count). The Kier molecular flexibility index (Phi) is 7.34. The molecule has 1 aromatic rings. The molecule has 206 valence electrons. The van der Waals surface area contributed by atoms with E-state index in [0.717, 1.165) is 44.1 Å². The summed E-state index contributed by atoms with van der Waals surface area (Å²) in [7, 11) is 0. The third-order valence-electron chi connectivity index (χ3n) is 11.4. The molecular formula is C31H43F3O3. The van der Waals surface area contributed by atoms with Gasteiger partial charge < -0.3 is 15.3 Å². The van der Waals surface area contributed by atoms with Crippen LogP contribution in [-0.2, 0) is 0 Å². The van der Waals surface area contributed by atoms with Crippen molar-refractivity contribution >= 4 is 0 Å². The molecule has 0 amide bonds. The highest BCUT2D eigenvalue weighted by Crippen LogP contribution is 2.68. The minimum Gasteiger partial charge on any atom is -0.390 e. The predicted molar refractivity (Wildman–Crippen MR) is 137 cm³/mol. The van der Waals surface area contributed by atoms with Crippen molar-refractivity contribution in [1.82, 2.24) is 0 Å². The van der Waals surface area contributed by atoms with Gasteiger partial charge in [-0.15, -0.1) is 0 Å². The number of benzene rings is 1. The zero-order chi connectivity index (χ0) is 26.7. The first kappa shape index (κ1) is 27.2. The van der Waals surface area contributed by atoms with Gasteiger partial charge in [-0.25, -0.2) is 13.2 Å². The van der Waals surface area contributed by atoms with E-state index in [2.05, 4.69) is 20.8 Å². The van der Waals surface area contributed by atoms with E-state index in [0.29, 0.717) is 31.1 Å². The highest BCUT2D eigenvalue weighted by molar-refractivity contribution is 5.31. The van der Waals surface area contributed by atoms with Crippen molar-refractivity contribution in [2.45, 2.75) is 103 Å². The molecule has 10 atom stereocenters. The van der Waals surface area contributed by atoms with Gasteiger partial charge >= 0.3 is 0 Å². The van der Waals surface area contributed by atoms with Gasteiger partial charge in [-0.05, 0) is 103 Å². The second-order valence-corrected chi connectivity index (χ2v) is 13.2. The van der Waals surface area contributed by atoms with Crippen molar-refractivity contribution in [2.24, 2.45) is 40.4 Å². The summed E-state index contributed by atoms with van der Waals surface area (Å²) in [6, 6.07) is 3.66. The minimum absolute atomic E-state index is 0.00878. The number of allylic oxidation sites excluding steroid dienone is 2. The molecule has 1 unspecified atom stereocenters. The molecule has 3 fully saturated rings. The number of aliphatic hydroxyl groups is 3. The highest BCUT2D eigenvalue weighted by atomic mass is 19.1. The van der Waals surface area contributed by atoms with E-state index in [4.69, 9.17) is 0 Å². The average molecular weight is 521 g/mol. The molecule has 0 radical (unpaired) electrons. The fourth-order valence-electron chi connectivity index (χ4n) is 9.36. The lowest BCUT2D eigenvalue weighted by molar-refractivity contribution is -0.128. The van der Waals surface area contributed by atoms with Gasteiger partial charge in [-0.2, -0.15) is 0 Å². The molecule has 4 aliphatic carbocycles. The summed E-state index contributed by atoms with van der Waals surface area (Å²) in [5.74, 6) is -0.540. The van der Waals surface area contributed by atoms with E-state index in [1.807, 2.05) is 0 Å². The van der Waals surface area contributed by atoms with Crippen LogP contribution in [0.5, 0.6) is 0 Å². The van der Waals surface area contributed by atoms with Crippen molar-refractivity contribution in [3.8, 4) is 0 Å². The quantitative estimate of drug-likeness (QED) is 0.378. The number of rotatable bonds is 6. The molecule has 0 aromatic heterocycles. The monoisotopic (exact) mass is 520 g/mol. The molecule has 3 saturated carbocycles. The molecule has 3 N–H and O–H groups in total. The van der Waals surface area contributed by atoms with Crippen LogP contribution in [0.3, 0.4) is 0 Å². The largest absolute Gasteiger partial charge is 0.390 e. The number of hydrogen-bond donors (Lipinski definition) is 3. The van der Waals surface area contributed by atoms with Crippen LogP contribution >= 0.6 is 0 Å². The Hall–Kier alpha value is -1.37. The number of hydrogen-bond acceptors (Lipinski definition) is 3. The van der Waals surface area contributed by atoms with E-state index >= 15 is 4.39 Å². The molecule has 0 spiro atoms. The smallest absolute Gasteiger partial charge is 0.131 e. The topological polar surface area (TPSA) is 60.7 Å². The maximum atomic E-state index is 15.8. The highest BCUT2D eigenvalue weighted by Gasteiger charge is 2.61. The maximum Gasteiger partial charge on any atom is 0.131 e. The molecule has 37 heavy (non-hydrogen) atoms. The summed E-state index contributed by atoms with van der Waals surface area (Å²) in [6.45, 7) is 6.79. The van der Waals surface area contributed by atoms with Gasteiger partial charge in [0.1, 0.15) is 17.5 Å². The standard InChI is InChI=1S/C31H43F3O3/c1-17(6-4-9-25(35)28-22(32)7-5-8-23(28)33)18-10-11-19-27-20(12-14-30(18,19)2)31(3)15-13-26(36)29(37)21(31)16-24(27)34/h5,7-8,17-21,25-26,29,35-37H,4,6,9-16H2,1-3H3/t17-,18-,19+,20+,21+,25?,26+,29-,30-,31-/m1/s1. The molecule has 1 aromatic carbocycles. The van der Waals surface area contributed by atoms with Crippen LogP contribution in [0.25, 0.3) is 0 Å². The van der Waals surface area contributed by atoms with Crippen LogP contribution in [0.2, 0.25) is 0 Å². The van der Waals surface area contributed by atoms with E-state index in [1.165, 1.54) is 18.2 Å². The molecule has 6 heteroatoms. The Balaban J connectivity index is 1.28. The lowest BCUT2D eigenvalue weighted by Crippen LogP contribution is -2.55. The first-order valence-corrected chi connectivity index (χ1v) is 14.4. The van der Waals surface area contributed by atoms with Crippen molar-refractivity contribution in [1.29, 1.82) is 0 Å². The van der Waals surface area contributed by atoms with Gasteiger partial charge in [0.2, 0.25) is 0 Å². The van der Waals surface area contributed by atoms with Crippen molar-refractivity contribution < 1.29 is 28.5 Å². The van der Waals surface area contributed by atoms with Gasteiger partial charge in [-0.1, -0.05) is 39.7 Å². The Labute approximate surface area is 219 Å². The number of aliphatic hydroxyl groups excluding tert-OH is 3. The van der Waals surface area contributed by atoms with Crippen LogP contribution in [0.4, 0.5) is 13.2 Å². The Bertz CT molecular complexity index is 1020. The van der Waals surface area contributed by atoms with Crippen LogP contribution < -0.4 is 0 Å². The fourth-order valence-corrected chi connectivity index (χ4v) is 9.36. The van der Waals surface area contributed by atoms with Crippen molar-refractivity contribution in [3.63, 3.8) is 0 Å². The van der Waals surface area contributed by atoms with E-state index < -0.39 is 29.9 Å². The summed E-state index contributed by atoms with van der Waals surface area (Å²) in [4.78, 5) is 0. The van der Waals surface area contributed by atoms with Crippen LogP contribution in [0, 0.1) is 52.1 Å². The summed E-state index contributed by atoms with van der Waals surface area (Å²) in [5.41, 5.74) is 0.603. The Morgan fingerprint density at radius 1 is 0.919 bits per heavy atom. The zero-order valence-electron chi connectivity index (χ0n) is 22.4.